The Morgan fingerprint density at radius 3 is 2.28 bits per heavy atom. The van der Waals surface area contributed by atoms with Gasteiger partial charge in [0.25, 0.3) is 0 Å². The van der Waals surface area contributed by atoms with E-state index in [1.165, 1.54) is 5.56 Å². The van der Waals surface area contributed by atoms with E-state index in [-0.39, 0.29) is 49.5 Å². The molecule has 0 amide bonds. The number of aromatic nitrogens is 1. The molecule has 0 saturated heterocycles. The fraction of sp³-hybridized carbons (Fsp3) is 0.379. The number of rotatable bonds is 11. The van der Waals surface area contributed by atoms with Gasteiger partial charge in [0.05, 0.1) is 5.56 Å². The minimum Gasteiger partial charge on any atom is -0.481 e. The fourth-order valence-electron chi connectivity index (χ4n) is 5.01. The molecule has 206 valence electrons. The van der Waals surface area contributed by atoms with Crippen LogP contribution in [0.2, 0.25) is 5.22 Å². The van der Waals surface area contributed by atoms with E-state index in [0.717, 1.165) is 31.2 Å². The highest BCUT2D eigenvalue weighted by Crippen LogP contribution is 2.37. The van der Waals surface area contributed by atoms with E-state index in [0.29, 0.717) is 18.1 Å². The molecule has 0 bridgehead atoms. The number of nitrogens with zero attached hydrogens (tertiary/aromatic N) is 1. The maximum Gasteiger partial charge on any atom is 0.303 e. The number of carboxylic acid groups (broad SMARTS) is 1. The normalized spacial score (nSPS) is 17.2. The zero-order valence-corrected chi connectivity index (χ0v) is 21.8. The van der Waals surface area contributed by atoms with Crippen LogP contribution in [-0.4, -0.2) is 27.6 Å². The number of hydrogen-bond donors (Lipinski definition) is 1. The molecular formula is C29H27ClF3NO5. The summed E-state index contributed by atoms with van der Waals surface area (Å²) in [6.45, 7) is 0. The molecule has 0 aliphatic heterocycles. The summed E-state index contributed by atoms with van der Waals surface area (Å²) in [4.78, 5) is 39.8. The summed E-state index contributed by atoms with van der Waals surface area (Å²) in [6, 6.07) is 8.81. The molecule has 3 aromatic rings. The first-order chi connectivity index (χ1) is 18.6. The van der Waals surface area contributed by atoms with Crippen LogP contribution in [0.3, 0.4) is 0 Å². The van der Waals surface area contributed by atoms with Crippen LogP contribution in [0.4, 0.5) is 13.2 Å². The second kappa shape index (κ2) is 12.6. The van der Waals surface area contributed by atoms with Crippen molar-refractivity contribution in [2.75, 3.05) is 0 Å². The van der Waals surface area contributed by atoms with Gasteiger partial charge in [-0.2, -0.15) is 0 Å². The molecule has 39 heavy (non-hydrogen) atoms. The minimum absolute atomic E-state index is 0.0412. The van der Waals surface area contributed by atoms with Gasteiger partial charge in [-0.25, -0.2) is 18.2 Å². The Bertz CT molecular complexity index is 1360. The van der Waals surface area contributed by atoms with Gasteiger partial charge < -0.3 is 9.52 Å². The number of oxazole rings is 1. The van der Waals surface area contributed by atoms with Crippen LogP contribution in [-0.2, 0) is 16.0 Å². The Labute approximate surface area is 228 Å². The van der Waals surface area contributed by atoms with E-state index in [2.05, 4.69) is 4.98 Å². The molecule has 0 atom stereocenters. The second-order valence-electron chi connectivity index (χ2n) is 9.94. The van der Waals surface area contributed by atoms with E-state index in [9.17, 15) is 27.6 Å². The van der Waals surface area contributed by atoms with Crippen molar-refractivity contribution in [3.05, 3.63) is 75.9 Å². The molecule has 4 rings (SSSR count). The molecular weight excluding hydrogens is 535 g/mol. The fourth-order valence-corrected chi connectivity index (χ4v) is 5.23. The van der Waals surface area contributed by atoms with Gasteiger partial charge in [0.2, 0.25) is 11.1 Å². The molecule has 1 aliphatic rings. The van der Waals surface area contributed by atoms with Gasteiger partial charge in [0.15, 0.2) is 23.1 Å². The summed E-state index contributed by atoms with van der Waals surface area (Å²) in [7, 11) is 0. The summed E-state index contributed by atoms with van der Waals surface area (Å²) in [5.41, 5.74) is 1.32. The van der Waals surface area contributed by atoms with Gasteiger partial charge in [-0.15, -0.1) is 0 Å². The van der Waals surface area contributed by atoms with Crippen molar-refractivity contribution in [1.29, 1.82) is 0 Å². The largest absolute Gasteiger partial charge is 0.481 e. The Morgan fingerprint density at radius 2 is 1.62 bits per heavy atom. The monoisotopic (exact) mass is 561 g/mol. The predicted octanol–water partition coefficient (Wildman–Crippen LogP) is 7.33. The SMILES string of the molecule is O=C(O)CC1CCC(c2ccc(CC(=O)CCCC(=O)c3nc(-c4cc(F)c(F)cc4F)oc3Cl)cc2)CC1. The molecule has 1 aliphatic carbocycles. The van der Waals surface area contributed by atoms with Crippen molar-refractivity contribution < 1.29 is 37.1 Å². The van der Waals surface area contributed by atoms with Crippen molar-refractivity contribution in [3.8, 4) is 11.5 Å². The van der Waals surface area contributed by atoms with Crippen LogP contribution in [0.15, 0.2) is 40.8 Å². The van der Waals surface area contributed by atoms with E-state index >= 15 is 0 Å². The number of carbonyl (C=O) groups is 3. The molecule has 0 unspecified atom stereocenters. The molecule has 1 N–H and O–H groups in total. The quantitative estimate of drug-likeness (QED) is 0.194. The van der Waals surface area contributed by atoms with Gasteiger partial charge in [-0.1, -0.05) is 24.3 Å². The zero-order chi connectivity index (χ0) is 28.1. The summed E-state index contributed by atoms with van der Waals surface area (Å²) in [5, 5.41) is 8.57. The molecule has 1 heterocycles. The third-order valence-electron chi connectivity index (χ3n) is 7.11. The Hall–Kier alpha value is -3.46. The van der Waals surface area contributed by atoms with Crippen LogP contribution in [0.5, 0.6) is 0 Å². The number of halogens is 4. The Kier molecular flexibility index (Phi) is 9.22. The van der Waals surface area contributed by atoms with Crippen LogP contribution in [0.25, 0.3) is 11.5 Å². The smallest absolute Gasteiger partial charge is 0.303 e. The van der Waals surface area contributed by atoms with Crippen LogP contribution in [0, 0.1) is 23.4 Å². The van der Waals surface area contributed by atoms with Gasteiger partial charge in [-0.3, -0.25) is 14.4 Å². The van der Waals surface area contributed by atoms with E-state index in [4.69, 9.17) is 21.1 Å². The first kappa shape index (κ1) is 28.5. The molecule has 6 nitrogen and oxygen atoms in total. The highest BCUT2D eigenvalue weighted by atomic mass is 35.5. The van der Waals surface area contributed by atoms with Gasteiger partial charge in [0, 0.05) is 31.7 Å². The van der Waals surface area contributed by atoms with Crippen molar-refractivity contribution in [2.24, 2.45) is 5.92 Å². The Morgan fingerprint density at radius 1 is 0.949 bits per heavy atom. The predicted molar refractivity (Wildman–Crippen MR) is 137 cm³/mol. The van der Waals surface area contributed by atoms with Crippen molar-refractivity contribution >= 4 is 29.1 Å². The van der Waals surface area contributed by atoms with Crippen LogP contribution < -0.4 is 0 Å². The first-order valence-corrected chi connectivity index (χ1v) is 13.1. The molecule has 0 radical (unpaired) electrons. The highest BCUT2D eigenvalue weighted by Gasteiger charge is 2.25. The average Bonchev–Trinajstić information content (AvgIpc) is 3.28. The molecule has 2 aromatic carbocycles. The average molecular weight is 562 g/mol. The topological polar surface area (TPSA) is 97.5 Å². The van der Waals surface area contributed by atoms with Gasteiger partial charge in [-0.05, 0) is 72.7 Å². The third kappa shape index (κ3) is 7.35. The zero-order valence-electron chi connectivity index (χ0n) is 21.0. The number of carbonyl (C=O) groups excluding carboxylic acids is 2. The van der Waals surface area contributed by atoms with Gasteiger partial charge >= 0.3 is 5.97 Å². The molecule has 1 fully saturated rings. The molecule has 10 heteroatoms. The maximum absolute atomic E-state index is 14.0. The number of aliphatic carboxylic acids is 1. The number of Topliss-reactive ketones (excluding diaryl/α,β-unsaturated/α-hetero) is 2. The summed E-state index contributed by atoms with van der Waals surface area (Å²) in [6.07, 6.45) is 4.51. The standard InChI is InChI=1S/C29H27ClF3NO5/c30-28-27(34-29(39-28)21-14-23(32)24(33)15-22(21)31)25(36)3-1-2-20(35)12-16-4-8-18(9-5-16)19-10-6-17(7-11-19)13-26(37)38/h4-5,8-9,14-15,17,19H,1-3,6-7,10-13H2,(H,37,38). The molecule has 1 saturated carbocycles. The second-order valence-corrected chi connectivity index (χ2v) is 10.3. The molecule has 1 aromatic heterocycles. The van der Waals surface area contributed by atoms with Crippen LogP contribution >= 0.6 is 11.6 Å². The molecule has 0 spiro atoms. The van der Waals surface area contributed by atoms with Crippen molar-refractivity contribution in [1.82, 2.24) is 4.98 Å². The number of hydrogen-bond acceptors (Lipinski definition) is 5. The first-order valence-electron chi connectivity index (χ1n) is 12.8. The number of carboxylic acids is 1. The van der Waals surface area contributed by atoms with E-state index < -0.39 is 45.9 Å². The minimum atomic E-state index is -1.37. The van der Waals surface area contributed by atoms with Gasteiger partial charge in [0.1, 0.15) is 11.6 Å². The van der Waals surface area contributed by atoms with E-state index in [1.807, 2.05) is 24.3 Å². The van der Waals surface area contributed by atoms with Crippen molar-refractivity contribution in [3.63, 3.8) is 0 Å². The lowest BCUT2D eigenvalue weighted by Crippen LogP contribution is -2.16. The summed E-state index contributed by atoms with van der Waals surface area (Å²) < 4.78 is 45.8. The maximum atomic E-state index is 14.0. The lowest BCUT2D eigenvalue weighted by molar-refractivity contribution is -0.138. The highest BCUT2D eigenvalue weighted by molar-refractivity contribution is 6.32. The summed E-state index contributed by atoms with van der Waals surface area (Å²) >= 11 is 5.93. The lowest BCUT2D eigenvalue weighted by atomic mass is 9.77. The lowest BCUT2D eigenvalue weighted by Gasteiger charge is -2.28. The summed E-state index contributed by atoms with van der Waals surface area (Å²) in [5.74, 6) is -4.91. The van der Waals surface area contributed by atoms with E-state index in [1.54, 1.807) is 0 Å². The number of ketones is 2. The Balaban J connectivity index is 1.25. The van der Waals surface area contributed by atoms with Crippen molar-refractivity contribution in [2.45, 2.75) is 63.7 Å². The third-order valence-corrected chi connectivity index (χ3v) is 7.37. The van der Waals surface area contributed by atoms with Crippen LogP contribution in [0.1, 0.15) is 78.9 Å². The number of benzene rings is 2.